The van der Waals surface area contributed by atoms with Crippen LogP contribution in [0.3, 0.4) is 0 Å². The molecule has 0 aliphatic heterocycles. The minimum atomic E-state index is -0.136. The molecule has 28 heavy (non-hydrogen) atoms. The Morgan fingerprint density at radius 1 is 1.07 bits per heavy atom. The molecule has 3 heterocycles. The topological polar surface area (TPSA) is 76.2 Å². The number of para-hydroxylation sites is 2. The number of rotatable bonds is 4. The molecule has 0 spiro atoms. The largest absolute Gasteiger partial charge is 0.431 e. The zero-order chi connectivity index (χ0) is 19.1. The van der Waals surface area contributed by atoms with Gasteiger partial charge < -0.3 is 4.42 Å². The Hall–Kier alpha value is -3.32. The quantitative estimate of drug-likeness (QED) is 0.461. The number of hydrogen-bond donors (Lipinski definition) is 1. The number of aromatic nitrogens is 4. The molecular weight excluding hydrogens is 372 g/mol. The summed E-state index contributed by atoms with van der Waals surface area (Å²) in [6.45, 7) is 1.95. The summed E-state index contributed by atoms with van der Waals surface area (Å²) in [6.07, 6.45) is 0. The van der Waals surface area contributed by atoms with Gasteiger partial charge in [-0.25, -0.2) is 14.5 Å². The molecular formula is C21H16N4O2S. The fourth-order valence-corrected chi connectivity index (χ4v) is 4.00. The number of nitrogens with zero attached hydrogens (tertiary/aromatic N) is 3. The third-order valence-corrected chi connectivity index (χ3v) is 5.39. The molecule has 1 N–H and O–H groups in total. The average molecular weight is 388 g/mol. The van der Waals surface area contributed by atoms with Gasteiger partial charge in [0.1, 0.15) is 5.52 Å². The van der Waals surface area contributed by atoms with E-state index in [9.17, 15) is 4.79 Å². The average Bonchev–Trinajstić information content (AvgIpc) is 3.27. The van der Waals surface area contributed by atoms with E-state index >= 15 is 0 Å². The van der Waals surface area contributed by atoms with Crippen LogP contribution in [0.25, 0.3) is 27.9 Å². The molecule has 0 radical (unpaired) electrons. The molecule has 7 heteroatoms. The molecule has 0 saturated carbocycles. The predicted octanol–water partition coefficient (Wildman–Crippen LogP) is 4.43. The van der Waals surface area contributed by atoms with E-state index < -0.39 is 0 Å². The summed E-state index contributed by atoms with van der Waals surface area (Å²) < 4.78 is 7.23. The Labute approximate surface area is 164 Å². The third kappa shape index (κ3) is 2.90. The molecule has 0 unspecified atom stereocenters. The molecule has 0 saturated heterocycles. The van der Waals surface area contributed by atoms with Gasteiger partial charge in [-0.3, -0.25) is 9.89 Å². The van der Waals surface area contributed by atoms with Gasteiger partial charge in [0, 0.05) is 23.1 Å². The van der Waals surface area contributed by atoms with Crippen molar-refractivity contribution < 1.29 is 4.42 Å². The molecule has 5 rings (SSSR count). The molecule has 0 atom stereocenters. The highest BCUT2D eigenvalue weighted by molar-refractivity contribution is 7.98. The fraction of sp³-hybridized carbons (Fsp3) is 0.0952. The maximum atomic E-state index is 12.6. The summed E-state index contributed by atoms with van der Waals surface area (Å²) in [5.74, 6) is 0.497. The van der Waals surface area contributed by atoms with Crippen LogP contribution >= 0.6 is 11.8 Å². The van der Waals surface area contributed by atoms with E-state index in [1.54, 1.807) is 6.07 Å². The van der Waals surface area contributed by atoms with Gasteiger partial charge in [-0.05, 0) is 24.6 Å². The Morgan fingerprint density at radius 2 is 1.86 bits per heavy atom. The molecule has 0 bridgehead atoms. The van der Waals surface area contributed by atoms with Crippen LogP contribution in [0.2, 0.25) is 0 Å². The van der Waals surface area contributed by atoms with Crippen molar-refractivity contribution in [3.05, 3.63) is 82.4 Å². The van der Waals surface area contributed by atoms with Crippen LogP contribution in [0.1, 0.15) is 11.4 Å². The number of nitrogens with one attached hydrogen (secondary N) is 1. The normalized spacial score (nSPS) is 11.5. The van der Waals surface area contributed by atoms with E-state index in [4.69, 9.17) is 9.40 Å². The van der Waals surface area contributed by atoms with Gasteiger partial charge in [-0.15, -0.1) is 0 Å². The van der Waals surface area contributed by atoms with Crippen molar-refractivity contribution in [2.45, 2.75) is 17.9 Å². The first kappa shape index (κ1) is 16.8. The highest BCUT2D eigenvalue weighted by atomic mass is 32.2. The number of aryl methyl sites for hydroxylation is 1. The van der Waals surface area contributed by atoms with Gasteiger partial charge in [0.25, 0.3) is 10.8 Å². The third-order valence-electron chi connectivity index (χ3n) is 4.53. The number of hydrogen-bond acceptors (Lipinski definition) is 5. The van der Waals surface area contributed by atoms with Crippen LogP contribution in [0.4, 0.5) is 0 Å². The summed E-state index contributed by atoms with van der Waals surface area (Å²) in [4.78, 5) is 21.8. The summed E-state index contributed by atoms with van der Waals surface area (Å²) in [5, 5.41) is 3.68. The van der Waals surface area contributed by atoms with E-state index in [2.05, 4.69) is 10.1 Å². The summed E-state index contributed by atoms with van der Waals surface area (Å²) in [7, 11) is 0. The van der Waals surface area contributed by atoms with E-state index in [1.165, 1.54) is 16.3 Å². The van der Waals surface area contributed by atoms with Gasteiger partial charge in [0.05, 0.1) is 5.69 Å². The Balaban J connectivity index is 1.52. The van der Waals surface area contributed by atoms with Gasteiger partial charge in [0.15, 0.2) is 11.2 Å². The van der Waals surface area contributed by atoms with Crippen molar-refractivity contribution in [1.29, 1.82) is 0 Å². The fourth-order valence-electron chi connectivity index (χ4n) is 3.27. The van der Waals surface area contributed by atoms with E-state index in [1.807, 2.05) is 61.5 Å². The van der Waals surface area contributed by atoms with Crippen LogP contribution < -0.4 is 5.56 Å². The minimum absolute atomic E-state index is 0.136. The van der Waals surface area contributed by atoms with Gasteiger partial charge in [-0.1, -0.05) is 54.2 Å². The molecule has 0 amide bonds. The SMILES string of the molecule is Cc1[nH]n2c(=O)cc(CSc3nc4ccccc4o3)nc2c1-c1ccccc1. The van der Waals surface area contributed by atoms with Crippen molar-refractivity contribution in [3.8, 4) is 11.1 Å². The monoisotopic (exact) mass is 388 g/mol. The second-order valence-corrected chi connectivity index (χ2v) is 7.39. The van der Waals surface area contributed by atoms with E-state index in [0.29, 0.717) is 22.3 Å². The maximum absolute atomic E-state index is 12.6. The van der Waals surface area contributed by atoms with Gasteiger partial charge >= 0.3 is 0 Å². The molecule has 138 valence electrons. The van der Waals surface area contributed by atoms with Crippen molar-refractivity contribution >= 4 is 28.5 Å². The first-order valence-electron chi connectivity index (χ1n) is 8.84. The number of aromatic amines is 1. The first-order chi connectivity index (χ1) is 13.7. The molecule has 5 aromatic rings. The molecule has 6 nitrogen and oxygen atoms in total. The lowest BCUT2D eigenvalue weighted by atomic mass is 10.1. The summed E-state index contributed by atoms with van der Waals surface area (Å²) >= 11 is 1.43. The Kier molecular flexibility index (Phi) is 4.02. The van der Waals surface area contributed by atoms with Crippen LogP contribution in [-0.2, 0) is 5.75 Å². The zero-order valence-electron chi connectivity index (χ0n) is 15.0. The van der Waals surface area contributed by atoms with E-state index in [-0.39, 0.29) is 5.56 Å². The Morgan fingerprint density at radius 3 is 2.68 bits per heavy atom. The van der Waals surface area contributed by atoms with Crippen LogP contribution in [0.15, 0.2) is 75.1 Å². The minimum Gasteiger partial charge on any atom is -0.431 e. The van der Waals surface area contributed by atoms with Crippen LogP contribution in [0, 0.1) is 6.92 Å². The summed E-state index contributed by atoms with van der Waals surface area (Å²) in [5.41, 5.74) is 5.61. The number of H-pyrrole nitrogens is 1. The number of oxazole rings is 1. The van der Waals surface area contributed by atoms with Crippen LogP contribution in [-0.4, -0.2) is 19.6 Å². The standard InChI is InChI=1S/C21H16N4O2S/c1-13-19(14-7-3-2-4-8-14)20-22-15(11-18(26)25(20)24-13)12-28-21-23-16-9-5-6-10-17(16)27-21/h2-11,24H,12H2,1H3. The number of thioether (sulfide) groups is 1. The lowest BCUT2D eigenvalue weighted by Gasteiger charge is -2.02. The van der Waals surface area contributed by atoms with Crippen molar-refractivity contribution in [1.82, 2.24) is 19.6 Å². The number of fused-ring (bicyclic) bond motifs is 2. The molecule has 0 aliphatic rings. The second kappa shape index (κ2) is 6.69. The van der Waals surface area contributed by atoms with Crippen molar-refractivity contribution in [3.63, 3.8) is 0 Å². The molecule has 3 aromatic heterocycles. The highest BCUT2D eigenvalue weighted by Crippen LogP contribution is 2.28. The number of benzene rings is 2. The smallest absolute Gasteiger partial charge is 0.272 e. The van der Waals surface area contributed by atoms with Crippen molar-refractivity contribution in [2.24, 2.45) is 0 Å². The highest BCUT2D eigenvalue weighted by Gasteiger charge is 2.15. The molecule has 2 aromatic carbocycles. The van der Waals surface area contributed by atoms with Gasteiger partial charge in [0.2, 0.25) is 0 Å². The Bertz CT molecular complexity index is 1320. The lowest BCUT2D eigenvalue weighted by Crippen LogP contribution is -2.15. The lowest BCUT2D eigenvalue weighted by molar-refractivity contribution is 0.489. The van der Waals surface area contributed by atoms with Crippen LogP contribution in [0.5, 0.6) is 0 Å². The molecule has 0 fully saturated rings. The van der Waals surface area contributed by atoms with Gasteiger partial charge in [-0.2, -0.15) is 0 Å². The zero-order valence-corrected chi connectivity index (χ0v) is 15.9. The second-order valence-electron chi connectivity index (χ2n) is 6.46. The molecule has 0 aliphatic carbocycles. The first-order valence-corrected chi connectivity index (χ1v) is 9.82. The predicted molar refractivity (Wildman–Crippen MR) is 110 cm³/mol. The maximum Gasteiger partial charge on any atom is 0.272 e. The van der Waals surface area contributed by atoms with E-state index in [0.717, 1.165) is 27.9 Å². The summed E-state index contributed by atoms with van der Waals surface area (Å²) in [6, 6.07) is 19.1. The van der Waals surface area contributed by atoms with Crippen molar-refractivity contribution in [2.75, 3.05) is 0 Å².